The smallest absolute Gasteiger partial charge is 0.266 e. The van der Waals surface area contributed by atoms with Crippen molar-refractivity contribution in [1.82, 2.24) is 9.88 Å². The van der Waals surface area contributed by atoms with Gasteiger partial charge in [-0.2, -0.15) is 0 Å². The number of pyridine rings is 1. The summed E-state index contributed by atoms with van der Waals surface area (Å²) in [5.41, 5.74) is 7.59. The fourth-order valence-electron chi connectivity index (χ4n) is 3.25. The van der Waals surface area contributed by atoms with Crippen LogP contribution in [-0.4, -0.2) is 43.1 Å². The molecule has 1 aliphatic rings. The Labute approximate surface area is 149 Å². The minimum absolute atomic E-state index is 0.0113. The van der Waals surface area contributed by atoms with E-state index in [0.717, 1.165) is 47.1 Å². The van der Waals surface area contributed by atoms with Gasteiger partial charge in [-0.25, -0.2) is 4.98 Å². The van der Waals surface area contributed by atoms with E-state index < -0.39 is 0 Å². The van der Waals surface area contributed by atoms with Crippen LogP contribution in [-0.2, 0) is 0 Å². The first-order chi connectivity index (χ1) is 12.1. The summed E-state index contributed by atoms with van der Waals surface area (Å²) < 4.78 is 10.7. The molecule has 4 rings (SSSR count). The fourth-order valence-corrected chi connectivity index (χ4v) is 4.30. The van der Waals surface area contributed by atoms with Gasteiger partial charge in [0.2, 0.25) is 0 Å². The molecule has 7 heteroatoms. The van der Waals surface area contributed by atoms with E-state index in [1.54, 1.807) is 14.2 Å². The van der Waals surface area contributed by atoms with Crippen molar-refractivity contribution in [3.05, 3.63) is 23.1 Å². The van der Waals surface area contributed by atoms with Gasteiger partial charge in [-0.1, -0.05) is 0 Å². The van der Waals surface area contributed by atoms with E-state index >= 15 is 0 Å². The molecule has 1 aromatic carbocycles. The van der Waals surface area contributed by atoms with Gasteiger partial charge in [-0.3, -0.25) is 4.79 Å². The highest BCUT2D eigenvalue weighted by Crippen LogP contribution is 2.38. The van der Waals surface area contributed by atoms with Crippen molar-refractivity contribution in [2.75, 3.05) is 33.0 Å². The van der Waals surface area contributed by atoms with Crippen LogP contribution in [0.4, 0.5) is 5.69 Å². The number of hydrogen-bond donors (Lipinski definition) is 1. The van der Waals surface area contributed by atoms with Gasteiger partial charge in [0.1, 0.15) is 9.71 Å². The van der Waals surface area contributed by atoms with Crippen molar-refractivity contribution in [2.24, 2.45) is 0 Å². The Kier molecular flexibility index (Phi) is 3.88. The van der Waals surface area contributed by atoms with E-state index in [1.165, 1.54) is 11.3 Å². The quantitative estimate of drug-likeness (QED) is 0.778. The molecule has 6 nitrogen and oxygen atoms in total. The van der Waals surface area contributed by atoms with Crippen LogP contribution < -0.4 is 15.2 Å². The van der Waals surface area contributed by atoms with Crippen molar-refractivity contribution < 1.29 is 14.3 Å². The zero-order valence-corrected chi connectivity index (χ0v) is 15.0. The summed E-state index contributed by atoms with van der Waals surface area (Å²) in [7, 11) is 3.19. The highest BCUT2D eigenvalue weighted by Gasteiger charge is 2.25. The minimum Gasteiger partial charge on any atom is -0.493 e. The molecule has 3 heterocycles. The second-order valence-corrected chi connectivity index (χ2v) is 7.08. The van der Waals surface area contributed by atoms with Crippen molar-refractivity contribution in [3.63, 3.8) is 0 Å². The first-order valence-corrected chi connectivity index (χ1v) is 8.98. The molecule has 2 aromatic heterocycles. The zero-order valence-electron chi connectivity index (χ0n) is 14.2. The molecule has 0 radical (unpaired) electrons. The molecule has 25 heavy (non-hydrogen) atoms. The van der Waals surface area contributed by atoms with Crippen molar-refractivity contribution in [1.29, 1.82) is 0 Å². The topological polar surface area (TPSA) is 77.7 Å². The third-order valence-corrected chi connectivity index (χ3v) is 5.71. The highest BCUT2D eigenvalue weighted by atomic mass is 32.1. The third-order valence-electron chi connectivity index (χ3n) is 4.61. The maximum absolute atomic E-state index is 12.7. The molecule has 130 valence electrons. The lowest BCUT2D eigenvalue weighted by atomic mass is 10.1. The first kappa shape index (κ1) is 16.0. The number of likely N-dealkylation sites (tertiary alicyclic amines) is 1. The molecule has 0 aliphatic carbocycles. The van der Waals surface area contributed by atoms with Crippen LogP contribution in [0.1, 0.15) is 22.5 Å². The Bertz CT molecular complexity index is 977. The van der Waals surface area contributed by atoms with Crippen LogP contribution in [0.25, 0.3) is 21.1 Å². The number of nitrogens with two attached hydrogens (primary N) is 1. The molecule has 0 spiro atoms. The summed E-state index contributed by atoms with van der Waals surface area (Å²) in [6, 6.07) is 5.68. The third kappa shape index (κ3) is 2.55. The number of carbonyl (C=O) groups excluding carboxylic acids is 1. The van der Waals surface area contributed by atoms with Crippen LogP contribution in [0, 0.1) is 0 Å². The summed E-state index contributed by atoms with van der Waals surface area (Å²) in [4.78, 5) is 20.6. The summed E-state index contributed by atoms with van der Waals surface area (Å²) in [5.74, 6) is 1.27. The lowest BCUT2D eigenvalue weighted by Gasteiger charge is -2.14. The number of carbonyl (C=O) groups is 1. The molecule has 0 unspecified atom stereocenters. The van der Waals surface area contributed by atoms with Crippen LogP contribution >= 0.6 is 11.3 Å². The number of anilines is 1. The number of nitrogen functional groups attached to an aromatic ring is 1. The normalized spacial score (nSPS) is 14.4. The SMILES string of the molecule is COc1cc2cc3c(N)c(C(=O)N4CCCC4)sc3nc2cc1OC. The molecule has 1 aliphatic heterocycles. The molecule has 3 aromatic rings. The molecule has 1 fully saturated rings. The second-order valence-electron chi connectivity index (χ2n) is 6.09. The average molecular weight is 357 g/mol. The number of ether oxygens (including phenoxy) is 2. The van der Waals surface area contributed by atoms with E-state index in [1.807, 2.05) is 23.1 Å². The van der Waals surface area contributed by atoms with Gasteiger partial charge in [-0.15, -0.1) is 11.3 Å². The number of rotatable bonds is 3. The van der Waals surface area contributed by atoms with Crippen molar-refractivity contribution in [3.8, 4) is 11.5 Å². The largest absolute Gasteiger partial charge is 0.493 e. The molecule has 2 N–H and O–H groups in total. The standard InChI is InChI=1S/C18H19N3O3S/c1-23-13-8-10-7-11-15(19)16(18(22)21-5-3-4-6-21)25-17(11)20-12(10)9-14(13)24-2/h7-9H,3-6,19H2,1-2H3. The highest BCUT2D eigenvalue weighted by molar-refractivity contribution is 7.21. The maximum atomic E-state index is 12.7. The molecule has 1 saturated heterocycles. The fraction of sp³-hybridized carbons (Fsp3) is 0.333. The Morgan fingerprint density at radius 3 is 2.52 bits per heavy atom. The van der Waals surface area contributed by atoms with E-state index in [0.29, 0.717) is 22.1 Å². The van der Waals surface area contributed by atoms with E-state index in [2.05, 4.69) is 4.98 Å². The van der Waals surface area contributed by atoms with Gasteiger partial charge in [0, 0.05) is 29.9 Å². The van der Waals surface area contributed by atoms with Gasteiger partial charge in [0.05, 0.1) is 25.4 Å². The molecule has 1 amide bonds. The van der Waals surface area contributed by atoms with E-state index in [-0.39, 0.29) is 5.91 Å². The summed E-state index contributed by atoms with van der Waals surface area (Å²) >= 11 is 1.36. The molecule has 0 atom stereocenters. The van der Waals surface area contributed by atoms with Crippen molar-refractivity contribution >= 4 is 44.1 Å². The Morgan fingerprint density at radius 1 is 1.16 bits per heavy atom. The van der Waals surface area contributed by atoms with Crippen LogP contribution in [0.3, 0.4) is 0 Å². The molecule has 0 saturated carbocycles. The lowest BCUT2D eigenvalue weighted by molar-refractivity contribution is 0.0798. The molecular weight excluding hydrogens is 338 g/mol. The number of amides is 1. The van der Waals surface area contributed by atoms with Gasteiger partial charge in [-0.05, 0) is 25.0 Å². The van der Waals surface area contributed by atoms with E-state index in [9.17, 15) is 4.79 Å². The van der Waals surface area contributed by atoms with E-state index in [4.69, 9.17) is 15.2 Å². The average Bonchev–Trinajstić information content (AvgIpc) is 3.27. The Balaban J connectivity index is 1.87. The number of nitrogens with zero attached hydrogens (tertiary/aromatic N) is 2. The predicted octanol–water partition coefficient (Wildman–Crippen LogP) is 3.28. The monoisotopic (exact) mass is 357 g/mol. The second kappa shape index (κ2) is 6.07. The number of hydrogen-bond acceptors (Lipinski definition) is 6. The number of thiophene rings is 1. The van der Waals surface area contributed by atoms with Gasteiger partial charge in [0.25, 0.3) is 5.91 Å². The summed E-state index contributed by atoms with van der Waals surface area (Å²) in [5, 5.41) is 1.71. The molecular formula is C18H19N3O3S. The number of aromatic nitrogens is 1. The van der Waals surface area contributed by atoms with Crippen LogP contribution in [0.2, 0.25) is 0 Å². The van der Waals surface area contributed by atoms with Crippen LogP contribution in [0.5, 0.6) is 11.5 Å². The van der Waals surface area contributed by atoms with Crippen molar-refractivity contribution in [2.45, 2.75) is 12.8 Å². The Hall–Kier alpha value is -2.54. The Morgan fingerprint density at radius 2 is 1.84 bits per heavy atom. The molecule has 0 bridgehead atoms. The number of methoxy groups -OCH3 is 2. The predicted molar refractivity (Wildman–Crippen MR) is 99.8 cm³/mol. The minimum atomic E-state index is 0.0113. The first-order valence-electron chi connectivity index (χ1n) is 8.16. The summed E-state index contributed by atoms with van der Waals surface area (Å²) in [6.07, 6.45) is 2.11. The van der Waals surface area contributed by atoms with Crippen LogP contribution in [0.15, 0.2) is 18.2 Å². The summed E-state index contributed by atoms with van der Waals surface area (Å²) in [6.45, 7) is 1.60. The maximum Gasteiger partial charge on any atom is 0.266 e. The zero-order chi connectivity index (χ0) is 17.6. The number of benzene rings is 1. The van der Waals surface area contributed by atoms with Gasteiger partial charge < -0.3 is 20.1 Å². The van der Waals surface area contributed by atoms with Gasteiger partial charge in [0.15, 0.2) is 11.5 Å². The lowest BCUT2D eigenvalue weighted by Crippen LogP contribution is -2.27. The number of fused-ring (bicyclic) bond motifs is 2. The van der Waals surface area contributed by atoms with Gasteiger partial charge >= 0.3 is 0 Å².